The lowest BCUT2D eigenvalue weighted by molar-refractivity contribution is -0.152. The number of hydrogen-bond acceptors (Lipinski definition) is 15. The largest absolute Gasteiger partial charge is 0.494 e. The van der Waals surface area contributed by atoms with E-state index in [-0.39, 0.29) is 55.0 Å². The molecule has 14 nitrogen and oxygen atoms in total. The van der Waals surface area contributed by atoms with Crippen LogP contribution in [0.3, 0.4) is 0 Å². The lowest BCUT2D eigenvalue weighted by Crippen LogP contribution is -2.30. The van der Waals surface area contributed by atoms with Crippen LogP contribution >= 0.6 is 11.3 Å². The van der Waals surface area contributed by atoms with Gasteiger partial charge in [-0.05, 0) is 113 Å². The molecule has 2 aromatic carbocycles. The fourth-order valence-electron chi connectivity index (χ4n) is 6.92. The van der Waals surface area contributed by atoms with Crippen LogP contribution in [0.5, 0.6) is 11.5 Å². The lowest BCUT2D eigenvalue weighted by atomic mass is 9.82. The standard InChI is InChI=1S/C45H53N3O11S/c1-4-30(3)54-24-8-10-26-56-42(51)32-16-20-34(21-17-32)44(53)59-38-23-22-36(28-35(38)29-46-48-45-47-37-12-6-7-13-39(37)60-45)58-43(52)33-18-14-31(15-19-33)41(50)57-27-11-9-25-55-40(49)5-2/h4-7,12-13,22-23,28,31-34H,1-3,8-11,14-21,24-27,29H2. The molecule has 320 valence electrons. The van der Waals surface area contributed by atoms with Gasteiger partial charge in [-0.1, -0.05) is 43.2 Å². The maximum atomic E-state index is 13.4. The predicted molar refractivity (Wildman–Crippen MR) is 223 cm³/mol. The van der Waals surface area contributed by atoms with E-state index in [4.69, 9.17) is 28.4 Å². The van der Waals surface area contributed by atoms with E-state index in [9.17, 15) is 24.0 Å². The Kier molecular flexibility index (Phi) is 18.0. The first-order valence-corrected chi connectivity index (χ1v) is 21.3. The number of thiazole rings is 1. The first-order chi connectivity index (χ1) is 29.1. The van der Waals surface area contributed by atoms with Gasteiger partial charge in [0, 0.05) is 11.6 Å². The number of carbonyl (C=O) groups is 5. The number of unbranched alkanes of at least 4 members (excludes halogenated alkanes) is 2. The Labute approximate surface area is 354 Å². The van der Waals surface area contributed by atoms with Crippen molar-refractivity contribution in [3.05, 3.63) is 85.7 Å². The SMILES string of the molecule is C=CC(=C)OCCCCOC(=O)C1CCC(C(=O)Oc2ccc(OC(=O)C3CCC(C(=O)OCCCCOC(=O)C=C)CC3)cc2CN=Nc2nc3ccccc3s2)CC1. The normalized spacial score (nSPS) is 18.9. The molecule has 5 rings (SSSR count). The Hall–Kier alpha value is -5.70. The highest BCUT2D eigenvalue weighted by atomic mass is 32.1. The van der Waals surface area contributed by atoms with Crippen molar-refractivity contribution < 1.29 is 52.4 Å². The first kappa shape index (κ1) is 45.4. The molecular formula is C45H53N3O11S. The van der Waals surface area contributed by atoms with Gasteiger partial charge in [-0.15, -0.1) is 5.11 Å². The zero-order valence-corrected chi connectivity index (χ0v) is 34.7. The number of nitrogens with zero attached hydrogens (tertiary/aromatic N) is 3. The fraction of sp³-hybridized carbons (Fsp3) is 0.467. The molecule has 0 N–H and O–H groups in total. The van der Waals surface area contributed by atoms with Crippen LogP contribution in [-0.2, 0) is 49.5 Å². The number of carbonyl (C=O) groups excluding carboxylic acids is 5. The molecule has 15 heteroatoms. The van der Waals surface area contributed by atoms with E-state index in [0.717, 1.165) is 22.7 Å². The van der Waals surface area contributed by atoms with Crippen LogP contribution in [0.1, 0.15) is 82.6 Å². The van der Waals surface area contributed by atoms with E-state index in [2.05, 4.69) is 34.9 Å². The van der Waals surface area contributed by atoms with Crippen LogP contribution in [0.4, 0.5) is 5.13 Å². The van der Waals surface area contributed by atoms with Gasteiger partial charge in [0.05, 0.1) is 66.9 Å². The Morgan fingerprint density at radius 2 is 1.20 bits per heavy atom. The Balaban J connectivity index is 1.13. The number of allylic oxidation sites excluding steroid dienone is 1. The van der Waals surface area contributed by atoms with Crippen LogP contribution in [-0.4, -0.2) is 61.3 Å². The molecule has 0 atom stereocenters. The summed E-state index contributed by atoms with van der Waals surface area (Å²) in [6.07, 6.45) is 9.07. The summed E-state index contributed by atoms with van der Waals surface area (Å²) in [7, 11) is 0. The molecular weight excluding hydrogens is 791 g/mol. The highest BCUT2D eigenvalue weighted by Gasteiger charge is 2.34. The Morgan fingerprint density at radius 1 is 0.667 bits per heavy atom. The van der Waals surface area contributed by atoms with Crippen molar-refractivity contribution in [3.8, 4) is 11.5 Å². The van der Waals surface area contributed by atoms with Crippen molar-refractivity contribution in [2.75, 3.05) is 26.4 Å². The number of aromatic nitrogens is 1. The molecule has 3 aromatic rings. The van der Waals surface area contributed by atoms with Gasteiger partial charge in [0.25, 0.3) is 0 Å². The van der Waals surface area contributed by atoms with Gasteiger partial charge in [-0.2, -0.15) is 5.11 Å². The Morgan fingerprint density at radius 3 is 1.77 bits per heavy atom. The maximum absolute atomic E-state index is 13.4. The minimum atomic E-state index is -0.488. The van der Waals surface area contributed by atoms with Gasteiger partial charge in [0.2, 0.25) is 5.13 Å². The molecule has 0 radical (unpaired) electrons. The van der Waals surface area contributed by atoms with Crippen LogP contribution in [0, 0.1) is 23.7 Å². The summed E-state index contributed by atoms with van der Waals surface area (Å²) in [6.45, 7) is 11.9. The van der Waals surface area contributed by atoms with Crippen molar-refractivity contribution in [3.63, 3.8) is 0 Å². The second-order valence-corrected chi connectivity index (χ2v) is 15.7. The van der Waals surface area contributed by atoms with Gasteiger partial charge in [0.1, 0.15) is 17.3 Å². The van der Waals surface area contributed by atoms with Crippen LogP contribution < -0.4 is 9.47 Å². The average Bonchev–Trinajstić information content (AvgIpc) is 3.69. The quantitative estimate of drug-likeness (QED) is 0.0137. The second-order valence-electron chi connectivity index (χ2n) is 14.7. The fourth-order valence-corrected chi connectivity index (χ4v) is 7.73. The van der Waals surface area contributed by atoms with E-state index in [1.165, 1.54) is 11.3 Å². The molecule has 1 heterocycles. The number of ether oxygens (including phenoxy) is 6. The molecule has 0 spiro atoms. The predicted octanol–water partition coefficient (Wildman–Crippen LogP) is 9.10. The molecule has 2 aliphatic carbocycles. The number of esters is 5. The molecule has 2 saturated carbocycles. The first-order valence-electron chi connectivity index (χ1n) is 20.5. The summed E-state index contributed by atoms with van der Waals surface area (Å²) in [5, 5.41) is 9.15. The third-order valence-electron chi connectivity index (χ3n) is 10.4. The summed E-state index contributed by atoms with van der Waals surface area (Å²) in [5.74, 6) is -2.22. The van der Waals surface area contributed by atoms with Crippen molar-refractivity contribution in [2.45, 2.75) is 83.6 Å². The molecule has 1 aromatic heterocycles. The van der Waals surface area contributed by atoms with E-state index >= 15 is 0 Å². The molecule has 0 aliphatic heterocycles. The van der Waals surface area contributed by atoms with E-state index < -0.39 is 29.7 Å². The van der Waals surface area contributed by atoms with Crippen molar-refractivity contribution in [1.82, 2.24) is 4.98 Å². The van der Waals surface area contributed by atoms with Crippen molar-refractivity contribution in [1.29, 1.82) is 0 Å². The summed E-state index contributed by atoms with van der Waals surface area (Å²) in [5.41, 5.74) is 1.30. The van der Waals surface area contributed by atoms with E-state index in [1.54, 1.807) is 24.3 Å². The van der Waals surface area contributed by atoms with Crippen LogP contribution in [0.2, 0.25) is 0 Å². The molecule has 0 bridgehead atoms. The summed E-state index contributed by atoms with van der Waals surface area (Å²) in [6, 6.07) is 12.5. The van der Waals surface area contributed by atoms with Crippen molar-refractivity contribution >= 4 is 56.5 Å². The molecule has 0 saturated heterocycles. The summed E-state index contributed by atoms with van der Waals surface area (Å²) in [4.78, 5) is 67.7. The number of fused-ring (bicyclic) bond motifs is 1. The number of para-hydroxylation sites is 1. The van der Waals surface area contributed by atoms with Crippen LogP contribution in [0.15, 0.2) is 90.3 Å². The minimum Gasteiger partial charge on any atom is -0.494 e. The smallest absolute Gasteiger partial charge is 0.330 e. The molecule has 2 fully saturated rings. The summed E-state index contributed by atoms with van der Waals surface area (Å²) < 4.78 is 33.9. The third kappa shape index (κ3) is 14.2. The number of azo groups is 1. The van der Waals surface area contributed by atoms with E-state index in [1.807, 2.05) is 24.3 Å². The zero-order valence-electron chi connectivity index (χ0n) is 33.9. The monoisotopic (exact) mass is 843 g/mol. The molecule has 0 unspecified atom stereocenters. The number of hydrogen-bond donors (Lipinski definition) is 0. The average molecular weight is 844 g/mol. The Bertz CT molecular complexity index is 1980. The second kappa shape index (κ2) is 23.8. The zero-order chi connectivity index (χ0) is 42.7. The van der Waals surface area contributed by atoms with Gasteiger partial charge in [0.15, 0.2) is 0 Å². The summed E-state index contributed by atoms with van der Waals surface area (Å²) >= 11 is 1.40. The number of benzene rings is 2. The lowest BCUT2D eigenvalue weighted by Gasteiger charge is -2.26. The van der Waals surface area contributed by atoms with Gasteiger partial charge in [-0.3, -0.25) is 19.2 Å². The van der Waals surface area contributed by atoms with E-state index in [0.29, 0.717) is 100 Å². The maximum Gasteiger partial charge on any atom is 0.330 e. The number of rotatable bonds is 22. The molecule has 0 amide bonds. The van der Waals surface area contributed by atoms with Crippen LogP contribution in [0.25, 0.3) is 10.2 Å². The van der Waals surface area contributed by atoms with Crippen molar-refractivity contribution in [2.24, 2.45) is 33.9 Å². The molecule has 60 heavy (non-hydrogen) atoms. The third-order valence-corrected chi connectivity index (χ3v) is 11.3. The van der Waals surface area contributed by atoms with Gasteiger partial charge >= 0.3 is 29.8 Å². The molecule has 2 aliphatic rings. The topological polar surface area (TPSA) is 178 Å². The highest BCUT2D eigenvalue weighted by molar-refractivity contribution is 7.21. The van der Waals surface area contributed by atoms with Gasteiger partial charge in [-0.25, -0.2) is 9.78 Å². The minimum absolute atomic E-state index is 0.0187. The highest BCUT2D eigenvalue weighted by Crippen LogP contribution is 2.35. The van der Waals surface area contributed by atoms with Gasteiger partial charge < -0.3 is 28.4 Å².